The van der Waals surface area contributed by atoms with E-state index in [1.165, 1.54) is 0 Å². The summed E-state index contributed by atoms with van der Waals surface area (Å²) in [4.78, 5) is 10.1. The summed E-state index contributed by atoms with van der Waals surface area (Å²) >= 11 is 0. The van der Waals surface area contributed by atoms with Crippen molar-refractivity contribution in [3.63, 3.8) is 0 Å². The molecule has 2 aromatic rings. The van der Waals surface area contributed by atoms with Gasteiger partial charge in [-0.15, -0.1) is 0 Å². The predicted octanol–water partition coefficient (Wildman–Crippen LogP) is 7.51. The van der Waals surface area contributed by atoms with Crippen LogP contribution in [0.15, 0.2) is 60.7 Å². The second kappa shape index (κ2) is 13.6. The Morgan fingerprint density at radius 1 is 0.788 bits per heavy atom. The first-order valence-corrected chi connectivity index (χ1v) is 17.2. The first-order valence-electron chi connectivity index (χ1n) is 11.4. The highest BCUT2D eigenvalue weighted by molar-refractivity contribution is 6.75. The molecule has 7 heteroatoms. The van der Waals surface area contributed by atoms with E-state index in [0.29, 0.717) is 13.2 Å². The zero-order valence-corrected chi connectivity index (χ0v) is 24.4. The van der Waals surface area contributed by atoms with Crippen LogP contribution in [-0.4, -0.2) is 29.8 Å². The van der Waals surface area contributed by atoms with Gasteiger partial charge in [0.05, 0.1) is 0 Å². The minimum Gasteiger partial charge on any atom is -0.521 e. The van der Waals surface area contributed by atoms with Gasteiger partial charge in [-0.05, 0) is 60.5 Å². The van der Waals surface area contributed by atoms with Gasteiger partial charge in [-0.3, -0.25) is 4.79 Å². The number of nitrogens with two attached hydrogens (primary N) is 1. The lowest BCUT2D eigenvalue weighted by atomic mass is 10.2. The van der Waals surface area contributed by atoms with Gasteiger partial charge < -0.3 is 19.9 Å². The predicted molar refractivity (Wildman–Crippen MR) is 148 cm³/mol. The minimum atomic E-state index is -1.77. The summed E-state index contributed by atoms with van der Waals surface area (Å²) in [6.45, 7) is 22.8. The highest BCUT2D eigenvalue weighted by atomic mass is 28.4. The van der Waals surface area contributed by atoms with Crippen molar-refractivity contribution >= 4 is 34.5 Å². The second-order valence-corrected chi connectivity index (χ2v) is 20.5. The van der Waals surface area contributed by atoms with Crippen LogP contribution in [-0.2, 0) is 13.6 Å². The molecule has 0 atom stereocenters. The van der Waals surface area contributed by atoms with E-state index >= 15 is 0 Å². The molecular weight excluding hydrogens is 444 g/mol. The molecule has 3 N–H and O–H groups in total. The molecule has 186 valence electrons. The van der Waals surface area contributed by atoms with Crippen LogP contribution in [0.2, 0.25) is 36.3 Å². The quantitative estimate of drug-likeness (QED) is 0.190. The van der Waals surface area contributed by atoms with Crippen LogP contribution in [0, 0.1) is 0 Å². The van der Waals surface area contributed by atoms with E-state index in [-0.39, 0.29) is 10.1 Å². The van der Waals surface area contributed by atoms with Crippen LogP contribution in [0.5, 0.6) is 0 Å². The molecule has 0 heterocycles. The van der Waals surface area contributed by atoms with E-state index in [0.717, 1.165) is 11.4 Å². The average molecular weight is 491 g/mol. The fourth-order valence-corrected chi connectivity index (χ4v) is 3.28. The molecule has 0 saturated carbocycles. The van der Waals surface area contributed by atoms with Crippen LogP contribution >= 0.6 is 0 Å². The fourth-order valence-electron chi connectivity index (χ4n) is 1.82. The molecule has 33 heavy (non-hydrogen) atoms. The summed E-state index contributed by atoms with van der Waals surface area (Å²) in [5.41, 5.74) is 7.29. The zero-order chi connectivity index (χ0) is 25.8. The molecule has 0 bridgehead atoms. The molecule has 0 aliphatic carbocycles. The van der Waals surface area contributed by atoms with Gasteiger partial charge in [0.2, 0.25) is 0 Å². The summed E-state index contributed by atoms with van der Waals surface area (Å²) in [6, 6.07) is 19.6. The Balaban J connectivity index is 0.000000513. The Morgan fingerprint density at radius 3 is 1.52 bits per heavy atom. The van der Waals surface area contributed by atoms with Gasteiger partial charge in [0.25, 0.3) is 14.8 Å². The smallest absolute Gasteiger partial charge is 0.279 e. The first-order chi connectivity index (χ1) is 15.0. The summed E-state index contributed by atoms with van der Waals surface area (Å²) in [5, 5.41) is 3.69. The lowest BCUT2D eigenvalue weighted by molar-refractivity contribution is -0.121. The molecular formula is C26H46N2O3Si2. The number of para-hydroxylation sites is 2. The molecule has 2 aromatic carbocycles. The van der Waals surface area contributed by atoms with E-state index in [2.05, 4.69) is 72.1 Å². The molecule has 2 rings (SSSR count). The van der Waals surface area contributed by atoms with Gasteiger partial charge in [0.1, 0.15) is 6.73 Å². The van der Waals surface area contributed by atoms with Crippen LogP contribution < -0.4 is 11.1 Å². The van der Waals surface area contributed by atoms with E-state index in [1.807, 2.05) is 61.6 Å². The maximum Gasteiger partial charge on any atom is 0.279 e. The van der Waals surface area contributed by atoms with Gasteiger partial charge in [-0.1, -0.05) is 77.9 Å². The van der Waals surface area contributed by atoms with Gasteiger partial charge in [0.15, 0.2) is 8.32 Å². The van der Waals surface area contributed by atoms with Gasteiger partial charge in [0, 0.05) is 11.4 Å². The Hall–Kier alpha value is -2.10. The van der Waals surface area contributed by atoms with Crippen molar-refractivity contribution in [1.29, 1.82) is 0 Å². The monoisotopic (exact) mass is 490 g/mol. The third kappa shape index (κ3) is 12.6. The van der Waals surface area contributed by atoms with E-state index in [9.17, 15) is 4.79 Å². The maximum absolute atomic E-state index is 10.1. The fraction of sp³-hybridized carbons (Fsp3) is 0.500. The van der Waals surface area contributed by atoms with Crippen LogP contribution in [0.25, 0.3) is 0 Å². The zero-order valence-electron chi connectivity index (χ0n) is 22.4. The van der Waals surface area contributed by atoms with Crippen molar-refractivity contribution in [2.24, 2.45) is 0 Å². The lowest BCUT2D eigenvalue weighted by Gasteiger charge is -2.36. The lowest BCUT2D eigenvalue weighted by Crippen LogP contribution is -2.42. The van der Waals surface area contributed by atoms with Crippen molar-refractivity contribution in [3.8, 4) is 0 Å². The number of carbonyl (C=O) groups excluding carboxylic acids is 1. The Morgan fingerprint density at radius 2 is 1.21 bits per heavy atom. The third-order valence-corrected chi connectivity index (χ3v) is 15.0. The molecule has 0 aliphatic heterocycles. The Kier molecular flexibility index (Phi) is 12.7. The van der Waals surface area contributed by atoms with Crippen molar-refractivity contribution in [2.75, 3.05) is 17.8 Å². The minimum absolute atomic E-state index is 0.133. The summed E-state index contributed by atoms with van der Waals surface area (Å²) < 4.78 is 11.1. The van der Waals surface area contributed by atoms with Gasteiger partial charge >= 0.3 is 0 Å². The second-order valence-electron chi connectivity index (χ2n) is 11.0. The number of nitrogens with one attached hydrogen (secondary N) is 1. The number of anilines is 2. The van der Waals surface area contributed by atoms with Crippen LogP contribution in [0.3, 0.4) is 0 Å². The largest absolute Gasteiger partial charge is 0.521 e. The van der Waals surface area contributed by atoms with E-state index in [1.54, 1.807) is 0 Å². The third-order valence-electron chi connectivity index (χ3n) is 6.24. The van der Waals surface area contributed by atoms with Crippen molar-refractivity contribution in [1.82, 2.24) is 0 Å². The number of nitrogen functional groups attached to an aromatic ring is 1. The Bertz CT molecular complexity index is 785. The first kappa shape index (κ1) is 30.9. The number of hydrogen-bond donors (Lipinski definition) is 2. The molecule has 0 fully saturated rings. The summed E-state index contributed by atoms with van der Waals surface area (Å²) in [6.07, 6.45) is 0. The molecule has 0 saturated heterocycles. The summed E-state index contributed by atoms with van der Waals surface area (Å²) in [7, 11) is -3.39. The highest BCUT2D eigenvalue weighted by Crippen LogP contribution is 2.36. The average Bonchev–Trinajstić information content (AvgIpc) is 2.68. The van der Waals surface area contributed by atoms with Crippen LogP contribution in [0.4, 0.5) is 11.4 Å². The van der Waals surface area contributed by atoms with E-state index in [4.69, 9.17) is 14.6 Å². The molecule has 0 spiro atoms. The van der Waals surface area contributed by atoms with Crippen molar-refractivity contribution in [3.05, 3.63) is 60.7 Å². The topological polar surface area (TPSA) is 73.6 Å². The molecule has 0 radical (unpaired) electrons. The van der Waals surface area contributed by atoms with Crippen molar-refractivity contribution < 1.29 is 13.6 Å². The van der Waals surface area contributed by atoms with Crippen molar-refractivity contribution in [2.45, 2.75) is 77.8 Å². The van der Waals surface area contributed by atoms with Crippen LogP contribution in [0.1, 0.15) is 41.5 Å². The van der Waals surface area contributed by atoms with Gasteiger partial charge in [-0.25, -0.2) is 0 Å². The number of benzene rings is 2. The van der Waals surface area contributed by atoms with Gasteiger partial charge in [-0.2, -0.15) is 0 Å². The molecule has 0 unspecified atom stereocenters. The molecule has 0 aliphatic rings. The number of carbonyl (C=O) groups is 1. The highest BCUT2D eigenvalue weighted by Gasteiger charge is 2.38. The molecule has 5 nitrogen and oxygen atoms in total. The SMILES string of the molecule is CC(C)(C)[Si](C)(C)OC=O.CC(C)(C)[Si](C)(C)OCNc1ccccc1.Nc1ccccc1. The standard InChI is InChI=1S/C13H23NOSi.C7H16O2Si.C6H7N/c1-13(2,3)16(4,5)15-11-14-12-9-7-6-8-10-12;1-7(2,3)10(4,5)9-6-8;7-6-4-2-1-3-5-6/h6-10,14H,11H2,1-5H3;6H,1-5H3;1-5H,7H2. The number of hydrogen-bond acceptors (Lipinski definition) is 5. The normalized spacial score (nSPS) is 11.8. The molecule has 0 aromatic heterocycles. The summed E-state index contributed by atoms with van der Waals surface area (Å²) in [5.74, 6) is 0. The molecule has 0 amide bonds. The maximum atomic E-state index is 10.1. The number of rotatable bonds is 6. The van der Waals surface area contributed by atoms with E-state index < -0.39 is 16.6 Å². The Labute approximate surface area is 204 Å².